The molecule has 2 atom stereocenters. The van der Waals surface area contributed by atoms with Crippen molar-refractivity contribution in [2.24, 2.45) is 0 Å². The molecule has 1 aromatic rings. The predicted molar refractivity (Wildman–Crippen MR) is 51.1 cm³/mol. The Morgan fingerprint density at radius 1 is 1.60 bits per heavy atom. The minimum absolute atomic E-state index is 0.153. The Morgan fingerprint density at radius 2 is 2.40 bits per heavy atom. The quantitative estimate of drug-likeness (QED) is 0.752. The number of rotatable bonds is 2. The molecule has 1 aliphatic heterocycles. The van der Waals surface area contributed by atoms with Crippen LogP contribution >= 0.6 is 0 Å². The van der Waals surface area contributed by atoms with E-state index in [-0.39, 0.29) is 12.0 Å². The van der Waals surface area contributed by atoms with Gasteiger partial charge in [-0.1, -0.05) is 5.16 Å². The van der Waals surface area contributed by atoms with Gasteiger partial charge in [0.05, 0.1) is 6.61 Å². The molecule has 84 valence electrons. The molecule has 1 saturated heterocycles. The van der Waals surface area contributed by atoms with Crippen LogP contribution in [0.25, 0.3) is 0 Å². The van der Waals surface area contributed by atoms with Crippen molar-refractivity contribution in [3.8, 4) is 0 Å². The second kappa shape index (κ2) is 4.26. The van der Waals surface area contributed by atoms with Crippen molar-refractivity contribution in [3.63, 3.8) is 0 Å². The lowest BCUT2D eigenvalue weighted by atomic mass is 10.2. The number of ether oxygens (including phenoxy) is 1. The second-order valence-electron chi connectivity index (χ2n) is 3.79. The molecule has 1 aromatic heterocycles. The zero-order valence-electron chi connectivity index (χ0n) is 8.88. The Labute approximate surface area is 87.8 Å². The van der Waals surface area contributed by atoms with E-state index in [0.717, 1.165) is 13.1 Å². The van der Waals surface area contributed by atoms with Crippen LogP contribution in [-0.4, -0.2) is 46.9 Å². The van der Waals surface area contributed by atoms with Gasteiger partial charge in [0.15, 0.2) is 0 Å². The topological polar surface area (TPSA) is 71.6 Å². The normalized spacial score (nSPS) is 25.4. The van der Waals surface area contributed by atoms with Crippen molar-refractivity contribution >= 4 is 0 Å². The first kappa shape index (κ1) is 10.5. The first-order valence-electron chi connectivity index (χ1n) is 4.98. The highest BCUT2D eigenvalue weighted by Gasteiger charge is 2.25. The third kappa shape index (κ3) is 2.34. The lowest BCUT2D eigenvalue weighted by Crippen LogP contribution is -2.35. The van der Waals surface area contributed by atoms with Crippen LogP contribution in [0, 0.1) is 0 Å². The van der Waals surface area contributed by atoms with Gasteiger partial charge in [-0.3, -0.25) is 0 Å². The van der Waals surface area contributed by atoms with Crippen molar-refractivity contribution in [2.75, 3.05) is 26.7 Å². The third-order valence-corrected chi connectivity index (χ3v) is 2.37. The Bertz CT molecular complexity index is 326. The molecule has 15 heavy (non-hydrogen) atoms. The van der Waals surface area contributed by atoms with E-state index in [2.05, 4.69) is 15.0 Å². The molecule has 0 spiro atoms. The maximum absolute atomic E-state index is 9.24. The Balaban J connectivity index is 2.08. The summed E-state index contributed by atoms with van der Waals surface area (Å²) in [6.07, 6.45) is -0.882. The second-order valence-corrected chi connectivity index (χ2v) is 3.79. The Morgan fingerprint density at radius 3 is 3.00 bits per heavy atom. The summed E-state index contributed by atoms with van der Waals surface area (Å²) in [4.78, 5) is 6.23. The van der Waals surface area contributed by atoms with Crippen LogP contribution in [0.1, 0.15) is 30.8 Å². The van der Waals surface area contributed by atoms with Gasteiger partial charge in [0.2, 0.25) is 5.82 Å². The number of hydrogen-bond acceptors (Lipinski definition) is 6. The SMILES string of the molecule is CC(O)c1nc(C2CN(C)CCO2)no1. The molecule has 6 nitrogen and oxygen atoms in total. The van der Waals surface area contributed by atoms with Crippen LogP contribution < -0.4 is 0 Å². The van der Waals surface area contributed by atoms with Gasteiger partial charge < -0.3 is 19.3 Å². The minimum Gasteiger partial charge on any atom is -0.384 e. The largest absolute Gasteiger partial charge is 0.384 e. The molecule has 0 bridgehead atoms. The molecule has 6 heteroatoms. The van der Waals surface area contributed by atoms with Gasteiger partial charge >= 0.3 is 0 Å². The van der Waals surface area contributed by atoms with Gasteiger partial charge in [0, 0.05) is 13.1 Å². The molecular weight excluding hydrogens is 198 g/mol. The van der Waals surface area contributed by atoms with Crippen molar-refractivity contribution in [1.82, 2.24) is 15.0 Å². The summed E-state index contributed by atoms with van der Waals surface area (Å²) in [6, 6.07) is 0. The first-order chi connectivity index (χ1) is 7.16. The molecule has 1 N–H and O–H groups in total. The van der Waals surface area contributed by atoms with Crippen LogP contribution in [-0.2, 0) is 4.74 Å². The van der Waals surface area contributed by atoms with E-state index >= 15 is 0 Å². The highest BCUT2D eigenvalue weighted by Crippen LogP contribution is 2.20. The number of aliphatic hydroxyl groups excluding tert-OH is 1. The number of aliphatic hydroxyl groups is 1. The number of aromatic nitrogens is 2. The zero-order chi connectivity index (χ0) is 10.8. The lowest BCUT2D eigenvalue weighted by molar-refractivity contribution is -0.0264. The number of morpholine rings is 1. The zero-order valence-corrected chi connectivity index (χ0v) is 8.88. The fourth-order valence-corrected chi connectivity index (χ4v) is 1.48. The van der Waals surface area contributed by atoms with E-state index in [1.54, 1.807) is 6.92 Å². The average molecular weight is 213 g/mol. The van der Waals surface area contributed by atoms with Gasteiger partial charge in [0.25, 0.3) is 5.89 Å². The third-order valence-electron chi connectivity index (χ3n) is 2.37. The van der Waals surface area contributed by atoms with Crippen molar-refractivity contribution in [3.05, 3.63) is 11.7 Å². The van der Waals surface area contributed by atoms with Crippen molar-refractivity contribution < 1.29 is 14.4 Å². The van der Waals surface area contributed by atoms with Crippen molar-refractivity contribution in [2.45, 2.75) is 19.1 Å². The van der Waals surface area contributed by atoms with E-state index in [4.69, 9.17) is 9.26 Å². The van der Waals surface area contributed by atoms with Crippen LogP contribution in [0.2, 0.25) is 0 Å². The molecular formula is C9H15N3O3. The van der Waals surface area contributed by atoms with Crippen molar-refractivity contribution in [1.29, 1.82) is 0 Å². The molecule has 1 fully saturated rings. The van der Waals surface area contributed by atoms with Crippen LogP contribution in [0.5, 0.6) is 0 Å². The first-order valence-corrected chi connectivity index (χ1v) is 4.98. The van der Waals surface area contributed by atoms with Gasteiger partial charge in [0.1, 0.15) is 12.2 Å². The maximum Gasteiger partial charge on any atom is 0.255 e. The van der Waals surface area contributed by atoms with Gasteiger partial charge in [-0.15, -0.1) is 0 Å². The van der Waals surface area contributed by atoms with E-state index in [1.165, 1.54) is 0 Å². The molecule has 0 saturated carbocycles. The molecule has 0 amide bonds. The molecule has 1 aliphatic rings. The summed E-state index contributed by atoms with van der Waals surface area (Å²) in [5.74, 6) is 0.749. The summed E-state index contributed by atoms with van der Waals surface area (Å²) in [5, 5.41) is 13.0. The Kier molecular flexibility index (Phi) is 2.99. The van der Waals surface area contributed by atoms with Crippen LogP contribution in [0.3, 0.4) is 0 Å². The monoisotopic (exact) mass is 213 g/mol. The smallest absolute Gasteiger partial charge is 0.255 e. The molecule has 0 aromatic carbocycles. The molecule has 0 radical (unpaired) electrons. The van der Waals surface area contributed by atoms with Crippen LogP contribution in [0.4, 0.5) is 0 Å². The average Bonchev–Trinajstić information content (AvgIpc) is 2.66. The summed E-state index contributed by atoms with van der Waals surface area (Å²) >= 11 is 0. The summed E-state index contributed by atoms with van der Waals surface area (Å²) in [6.45, 7) is 3.92. The summed E-state index contributed by atoms with van der Waals surface area (Å²) in [7, 11) is 2.02. The molecule has 2 unspecified atom stereocenters. The molecule has 2 rings (SSSR count). The predicted octanol–water partition coefficient (Wildman–Crippen LogP) is 0.126. The highest BCUT2D eigenvalue weighted by atomic mass is 16.5. The summed E-state index contributed by atoms with van der Waals surface area (Å²) in [5.41, 5.74) is 0. The van der Waals surface area contributed by atoms with Gasteiger partial charge in [-0.25, -0.2) is 0 Å². The van der Waals surface area contributed by atoms with E-state index in [9.17, 15) is 5.11 Å². The summed E-state index contributed by atoms with van der Waals surface area (Å²) < 4.78 is 10.4. The number of nitrogens with zero attached hydrogens (tertiary/aromatic N) is 3. The fraction of sp³-hybridized carbons (Fsp3) is 0.778. The van der Waals surface area contributed by atoms with E-state index < -0.39 is 6.10 Å². The maximum atomic E-state index is 9.24. The Hall–Kier alpha value is -0.980. The highest BCUT2D eigenvalue weighted by molar-refractivity contribution is 4.95. The lowest BCUT2D eigenvalue weighted by Gasteiger charge is -2.27. The number of hydrogen-bond donors (Lipinski definition) is 1. The van der Waals surface area contributed by atoms with E-state index in [1.807, 2.05) is 7.05 Å². The fourth-order valence-electron chi connectivity index (χ4n) is 1.48. The number of likely N-dealkylation sites (N-methyl/N-ethyl adjacent to an activating group) is 1. The van der Waals surface area contributed by atoms with Crippen LogP contribution in [0.15, 0.2) is 4.52 Å². The van der Waals surface area contributed by atoms with Gasteiger partial charge in [-0.05, 0) is 14.0 Å². The van der Waals surface area contributed by atoms with E-state index in [0.29, 0.717) is 12.4 Å². The molecule has 2 heterocycles. The molecule has 0 aliphatic carbocycles. The standard InChI is InChI=1S/C9H15N3O3/c1-6(13)9-10-8(11-15-9)7-5-12(2)3-4-14-7/h6-7,13H,3-5H2,1-2H3. The van der Waals surface area contributed by atoms with Gasteiger partial charge in [-0.2, -0.15) is 4.98 Å². The minimum atomic E-state index is -0.729.